The average molecular weight is 155 g/mol. The molecule has 11 heavy (non-hydrogen) atoms. The van der Waals surface area contributed by atoms with Gasteiger partial charge in [0.2, 0.25) is 0 Å². The summed E-state index contributed by atoms with van der Waals surface area (Å²) < 4.78 is 4.77. The zero-order chi connectivity index (χ0) is 8.27. The standard InChI is InChI=1S/C7H9NO3/c1-11-4-5-2-6(9)8-7(10)3-5/h2-3H,4H2,1H3,(H2,8,9,10). The van der Waals surface area contributed by atoms with E-state index in [9.17, 15) is 4.79 Å². The molecular formula is C7H9NO3. The molecule has 1 aromatic heterocycles. The maximum atomic E-state index is 10.7. The third kappa shape index (κ3) is 2.09. The number of hydrogen-bond donors (Lipinski definition) is 2. The fourth-order valence-electron chi connectivity index (χ4n) is 0.834. The monoisotopic (exact) mass is 155 g/mol. The van der Waals surface area contributed by atoms with Gasteiger partial charge in [-0.25, -0.2) is 0 Å². The Labute approximate surface area is 63.5 Å². The minimum Gasteiger partial charge on any atom is -0.495 e. The van der Waals surface area contributed by atoms with Crippen LogP contribution in [0.5, 0.6) is 5.88 Å². The van der Waals surface area contributed by atoms with Gasteiger partial charge in [-0.15, -0.1) is 0 Å². The molecule has 0 amide bonds. The number of aromatic hydroxyl groups is 1. The van der Waals surface area contributed by atoms with E-state index in [1.165, 1.54) is 19.2 Å². The van der Waals surface area contributed by atoms with Gasteiger partial charge in [-0.2, -0.15) is 0 Å². The molecule has 0 atom stereocenters. The Morgan fingerprint density at radius 1 is 1.64 bits per heavy atom. The minimum atomic E-state index is -0.322. The van der Waals surface area contributed by atoms with Crippen LogP contribution in [0, 0.1) is 0 Å². The van der Waals surface area contributed by atoms with Gasteiger partial charge in [0.25, 0.3) is 5.56 Å². The molecule has 0 aliphatic heterocycles. The molecule has 0 spiro atoms. The lowest BCUT2D eigenvalue weighted by Crippen LogP contribution is -2.05. The van der Waals surface area contributed by atoms with Gasteiger partial charge in [0, 0.05) is 19.2 Å². The summed E-state index contributed by atoms with van der Waals surface area (Å²) in [5, 5.41) is 8.91. The van der Waals surface area contributed by atoms with Crippen molar-refractivity contribution in [2.24, 2.45) is 0 Å². The number of ether oxygens (including phenoxy) is 1. The van der Waals surface area contributed by atoms with E-state index in [0.717, 1.165) is 0 Å². The highest BCUT2D eigenvalue weighted by atomic mass is 16.5. The van der Waals surface area contributed by atoms with E-state index in [0.29, 0.717) is 12.2 Å². The third-order valence-electron chi connectivity index (χ3n) is 1.20. The van der Waals surface area contributed by atoms with E-state index in [-0.39, 0.29) is 11.4 Å². The van der Waals surface area contributed by atoms with Crippen LogP contribution in [0.4, 0.5) is 0 Å². The van der Waals surface area contributed by atoms with Gasteiger partial charge in [-0.1, -0.05) is 0 Å². The van der Waals surface area contributed by atoms with Crippen LogP contribution in [0.15, 0.2) is 16.9 Å². The first-order valence-corrected chi connectivity index (χ1v) is 3.13. The fourth-order valence-corrected chi connectivity index (χ4v) is 0.834. The molecule has 1 rings (SSSR count). The molecule has 0 aromatic carbocycles. The van der Waals surface area contributed by atoms with Crippen molar-refractivity contribution in [2.75, 3.05) is 7.11 Å². The molecule has 1 heterocycles. The Hall–Kier alpha value is -1.29. The van der Waals surface area contributed by atoms with Crippen molar-refractivity contribution in [2.45, 2.75) is 6.61 Å². The summed E-state index contributed by atoms with van der Waals surface area (Å²) in [6, 6.07) is 2.83. The van der Waals surface area contributed by atoms with Crippen molar-refractivity contribution >= 4 is 0 Å². The Kier molecular flexibility index (Phi) is 2.28. The fraction of sp³-hybridized carbons (Fsp3) is 0.286. The van der Waals surface area contributed by atoms with Gasteiger partial charge in [0.1, 0.15) is 0 Å². The van der Waals surface area contributed by atoms with Gasteiger partial charge in [-0.05, 0) is 5.56 Å². The molecule has 1 aromatic rings. The van der Waals surface area contributed by atoms with E-state index >= 15 is 0 Å². The van der Waals surface area contributed by atoms with Crippen LogP contribution in [0.1, 0.15) is 5.56 Å². The molecule has 0 aliphatic carbocycles. The molecule has 0 fully saturated rings. The summed E-state index contributed by atoms with van der Waals surface area (Å²) >= 11 is 0. The topological polar surface area (TPSA) is 62.3 Å². The zero-order valence-electron chi connectivity index (χ0n) is 6.13. The number of pyridine rings is 1. The lowest BCUT2D eigenvalue weighted by molar-refractivity contribution is 0.184. The summed E-state index contributed by atoms with van der Waals surface area (Å²) in [6.45, 7) is 0.331. The predicted molar refractivity (Wildman–Crippen MR) is 39.4 cm³/mol. The molecule has 0 saturated heterocycles. The van der Waals surface area contributed by atoms with Crippen LogP contribution in [0.3, 0.4) is 0 Å². The predicted octanol–water partition coefficient (Wildman–Crippen LogP) is 0.227. The molecule has 4 heteroatoms. The molecule has 4 nitrogen and oxygen atoms in total. The molecule has 0 bridgehead atoms. The van der Waals surface area contributed by atoms with Crippen LogP contribution >= 0.6 is 0 Å². The van der Waals surface area contributed by atoms with Gasteiger partial charge in [0.15, 0.2) is 5.88 Å². The van der Waals surface area contributed by atoms with Gasteiger partial charge < -0.3 is 9.84 Å². The quantitative estimate of drug-likeness (QED) is 0.642. The highest BCUT2D eigenvalue weighted by molar-refractivity contribution is 5.18. The van der Waals surface area contributed by atoms with Crippen molar-refractivity contribution in [1.29, 1.82) is 0 Å². The lowest BCUT2D eigenvalue weighted by atomic mass is 10.3. The smallest absolute Gasteiger partial charge is 0.251 e. The summed E-state index contributed by atoms with van der Waals surface area (Å²) in [5.41, 5.74) is 0.339. The van der Waals surface area contributed by atoms with Crippen LogP contribution < -0.4 is 5.56 Å². The van der Waals surface area contributed by atoms with E-state index in [4.69, 9.17) is 9.84 Å². The van der Waals surface area contributed by atoms with E-state index < -0.39 is 0 Å². The molecule has 0 unspecified atom stereocenters. The first-order valence-electron chi connectivity index (χ1n) is 3.13. The largest absolute Gasteiger partial charge is 0.495 e. The molecule has 0 saturated carbocycles. The van der Waals surface area contributed by atoms with Crippen LogP contribution in [0.25, 0.3) is 0 Å². The minimum absolute atomic E-state index is 0.135. The summed E-state index contributed by atoms with van der Waals surface area (Å²) in [7, 11) is 1.53. The lowest BCUT2D eigenvalue weighted by Gasteiger charge is -1.97. The first kappa shape index (κ1) is 7.81. The van der Waals surface area contributed by atoms with Crippen molar-refractivity contribution in [3.05, 3.63) is 28.0 Å². The Balaban J connectivity index is 2.99. The number of aromatic amines is 1. The van der Waals surface area contributed by atoms with Crippen molar-refractivity contribution < 1.29 is 9.84 Å². The highest BCUT2D eigenvalue weighted by Gasteiger charge is 1.95. The Bertz CT molecular complexity index is 292. The maximum absolute atomic E-state index is 10.7. The summed E-state index contributed by atoms with van der Waals surface area (Å²) in [5.74, 6) is -0.135. The molecule has 2 N–H and O–H groups in total. The number of aromatic nitrogens is 1. The summed E-state index contributed by atoms with van der Waals surface area (Å²) in [6.07, 6.45) is 0. The van der Waals surface area contributed by atoms with Crippen molar-refractivity contribution in [3.8, 4) is 5.88 Å². The van der Waals surface area contributed by atoms with Gasteiger partial charge in [-0.3, -0.25) is 9.78 Å². The van der Waals surface area contributed by atoms with E-state index in [1.54, 1.807) is 0 Å². The second kappa shape index (κ2) is 3.21. The first-order chi connectivity index (χ1) is 5.22. The van der Waals surface area contributed by atoms with Crippen LogP contribution in [-0.2, 0) is 11.3 Å². The zero-order valence-corrected chi connectivity index (χ0v) is 6.13. The number of methoxy groups -OCH3 is 1. The average Bonchev–Trinajstić information content (AvgIpc) is 1.85. The third-order valence-corrected chi connectivity index (χ3v) is 1.20. The Morgan fingerprint density at radius 2 is 2.36 bits per heavy atom. The van der Waals surface area contributed by atoms with E-state index in [1.807, 2.05) is 0 Å². The number of hydrogen-bond acceptors (Lipinski definition) is 3. The normalized spacial score (nSPS) is 9.91. The summed E-state index contributed by atoms with van der Waals surface area (Å²) in [4.78, 5) is 12.9. The Morgan fingerprint density at radius 3 is 2.91 bits per heavy atom. The van der Waals surface area contributed by atoms with Crippen LogP contribution in [0.2, 0.25) is 0 Å². The molecular weight excluding hydrogens is 146 g/mol. The second-order valence-electron chi connectivity index (χ2n) is 2.17. The second-order valence-corrected chi connectivity index (χ2v) is 2.17. The SMILES string of the molecule is COCc1cc(O)[nH]c(=O)c1. The molecule has 0 aliphatic rings. The number of nitrogens with one attached hydrogen (secondary N) is 1. The van der Waals surface area contributed by atoms with Crippen LogP contribution in [-0.4, -0.2) is 17.2 Å². The van der Waals surface area contributed by atoms with Gasteiger partial charge in [0.05, 0.1) is 6.61 Å². The van der Waals surface area contributed by atoms with E-state index in [2.05, 4.69) is 4.98 Å². The number of H-pyrrole nitrogens is 1. The van der Waals surface area contributed by atoms with Crippen molar-refractivity contribution in [3.63, 3.8) is 0 Å². The molecule has 60 valence electrons. The molecule has 0 radical (unpaired) electrons. The van der Waals surface area contributed by atoms with Crippen molar-refractivity contribution in [1.82, 2.24) is 4.98 Å². The van der Waals surface area contributed by atoms with Gasteiger partial charge >= 0.3 is 0 Å². The highest BCUT2D eigenvalue weighted by Crippen LogP contribution is 2.04. The number of rotatable bonds is 2. The maximum Gasteiger partial charge on any atom is 0.251 e.